The Morgan fingerprint density at radius 3 is 2.38 bits per heavy atom. The highest BCUT2D eigenvalue weighted by Crippen LogP contribution is 2.64. The molecule has 1 heterocycles. The zero-order valence-corrected chi connectivity index (χ0v) is 12.7. The van der Waals surface area contributed by atoms with Gasteiger partial charge in [-0.05, 0) is 31.0 Å². The zero-order valence-electron chi connectivity index (χ0n) is 11.9. The molecule has 0 spiro atoms. The molecule has 2 unspecified atom stereocenters. The van der Waals surface area contributed by atoms with Crippen LogP contribution in [0.4, 0.5) is 5.69 Å². The Labute approximate surface area is 125 Å². The number of para-hydroxylation sites is 1. The van der Waals surface area contributed by atoms with Crippen LogP contribution in [-0.2, 0) is 14.8 Å². The second kappa shape index (κ2) is 4.10. The number of hydrogen-bond donors (Lipinski definition) is 0. The van der Waals surface area contributed by atoms with Crippen molar-refractivity contribution in [3.8, 4) is 0 Å². The van der Waals surface area contributed by atoms with E-state index < -0.39 is 14.8 Å². The highest BCUT2D eigenvalue weighted by atomic mass is 32.2. The van der Waals surface area contributed by atoms with Gasteiger partial charge in [-0.3, -0.25) is 4.31 Å². The number of sulfonamides is 1. The minimum atomic E-state index is -3.34. The second-order valence-corrected chi connectivity index (χ2v) is 8.15. The predicted molar refractivity (Wildman–Crippen MR) is 83.7 cm³/mol. The van der Waals surface area contributed by atoms with Gasteiger partial charge in [0.25, 0.3) is 0 Å². The van der Waals surface area contributed by atoms with Gasteiger partial charge in [0.05, 0.1) is 5.69 Å². The summed E-state index contributed by atoms with van der Waals surface area (Å²) >= 11 is 0. The lowest BCUT2D eigenvalue weighted by atomic mass is 10.1. The third-order valence-electron chi connectivity index (χ3n) is 4.77. The van der Waals surface area contributed by atoms with Crippen molar-refractivity contribution in [3.05, 3.63) is 65.7 Å². The van der Waals surface area contributed by atoms with Crippen LogP contribution in [0.15, 0.2) is 54.6 Å². The van der Waals surface area contributed by atoms with E-state index in [-0.39, 0.29) is 5.92 Å². The van der Waals surface area contributed by atoms with Crippen LogP contribution in [0.2, 0.25) is 0 Å². The molecule has 1 aliphatic heterocycles. The lowest BCUT2D eigenvalue weighted by Gasteiger charge is -2.23. The molecule has 2 aromatic carbocycles. The molecule has 2 aromatic rings. The Morgan fingerprint density at radius 2 is 1.71 bits per heavy atom. The van der Waals surface area contributed by atoms with Crippen molar-refractivity contribution < 1.29 is 8.42 Å². The number of benzene rings is 2. The van der Waals surface area contributed by atoms with E-state index in [0.29, 0.717) is 6.54 Å². The van der Waals surface area contributed by atoms with Crippen LogP contribution >= 0.6 is 0 Å². The first kappa shape index (κ1) is 12.9. The summed E-state index contributed by atoms with van der Waals surface area (Å²) in [5, 5.41) is 0. The Bertz CT molecular complexity index is 783. The summed E-state index contributed by atoms with van der Waals surface area (Å²) in [5.41, 5.74) is 2.87. The Morgan fingerprint density at radius 1 is 1.05 bits per heavy atom. The maximum Gasteiger partial charge on any atom is 0.245 e. The molecule has 3 nitrogen and oxygen atoms in total. The van der Waals surface area contributed by atoms with Gasteiger partial charge in [-0.25, -0.2) is 8.42 Å². The van der Waals surface area contributed by atoms with E-state index in [4.69, 9.17) is 0 Å². The highest BCUT2D eigenvalue weighted by molar-refractivity contribution is 7.94. The SMILES string of the molecule is Cc1ccc(C23CC2CN(c2ccccc2)S3(=O)=O)cc1. The first-order valence-corrected chi connectivity index (χ1v) is 8.64. The first-order chi connectivity index (χ1) is 10.1. The van der Waals surface area contributed by atoms with Gasteiger partial charge in [0.15, 0.2) is 0 Å². The van der Waals surface area contributed by atoms with Crippen LogP contribution in [-0.4, -0.2) is 15.0 Å². The maximum absolute atomic E-state index is 13.1. The lowest BCUT2D eigenvalue weighted by molar-refractivity contribution is 0.583. The molecule has 0 aromatic heterocycles. The molecule has 4 rings (SSSR count). The van der Waals surface area contributed by atoms with Crippen LogP contribution in [0.1, 0.15) is 17.5 Å². The lowest BCUT2D eigenvalue weighted by Crippen LogP contribution is -2.33. The van der Waals surface area contributed by atoms with Gasteiger partial charge in [0, 0.05) is 12.5 Å². The minimum absolute atomic E-state index is 0.213. The number of aryl methyl sites for hydroxylation is 1. The molecule has 2 fully saturated rings. The quantitative estimate of drug-likeness (QED) is 0.854. The molecule has 21 heavy (non-hydrogen) atoms. The maximum atomic E-state index is 13.1. The van der Waals surface area contributed by atoms with Gasteiger partial charge in [0.2, 0.25) is 10.0 Å². The number of hydrogen-bond acceptors (Lipinski definition) is 2. The van der Waals surface area contributed by atoms with Gasteiger partial charge >= 0.3 is 0 Å². The molecule has 0 amide bonds. The van der Waals surface area contributed by atoms with Gasteiger partial charge in [-0.2, -0.15) is 0 Å². The van der Waals surface area contributed by atoms with Crippen molar-refractivity contribution in [1.82, 2.24) is 0 Å². The van der Waals surface area contributed by atoms with E-state index in [9.17, 15) is 8.42 Å². The van der Waals surface area contributed by atoms with E-state index in [0.717, 1.165) is 23.2 Å². The average molecular weight is 299 g/mol. The van der Waals surface area contributed by atoms with Crippen LogP contribution in [0.3, 0.4) is 0 Å². The minimum Gasteiger partial charge on any atom is -0.269 e. The number of rotatable bonds is 2. The van der Waals surface area contributed by atoms with E-state index in [2.05, 4.69) is 0 Å². The summed E-state index contributed by atoms with van der Waals surface area (Å²) in [5.74, 6) is 0.213. The van der Waals surface area contributed by atoms with Crippen molar-refractivity contribution in [2.75, 3.05) is 10.8 Å². The van der Waals surface area contributed by atoms with Crippen LogP contribution < -0.4 is 4.31 Å². The largest absolute Gasteiger partial charge is 0.269 e. The van der Waals surface area contributed by atoms with E-state index in [1.54, 1.807) is 4.31 Å². The first-order valence-electron chi connectivity index (χ1n) is 7.20. The summed E-state index contributed by atoms with van der Waals surface area (Å²) in [7, 11) is -3.34. The molecule has 0 bridgehead atoms. The van der Waals surface area contributed by atoms with E-state index in [1.807, 2.05) is 61.5 Å². The van der Waals surface area contributed by atoms with Crippen molar-refractivity contribution in [2.24, 2.45) is 5.92 Å². The molecule has 0 radical (unpaired) electrons. The van der Waals surface area contributed by atoms with Crippen molar-refractivity contribution >= 4 is 15.7 Å². The summed E-state index contributed by atoms with van der Waals surface area (Å²) < 4.78 is 27.0. The molecule has 2 aliphatic rings. The standard InChI is InChI=1S/C17H17NO2S/c1-13-7-9-14(10-8-13)17-11-15(17)12-18(21(17,19)20)16-5-3-2-4-6-16/h2-10,15H,11-12H2,1H3. The molecule has 0 N–H and O–H groups in total. The van der Waals surface area contributed by atoms with Crippen molar-refractivity contribution in [3.63, 3.8) is 0 Å². The molecule has 108 valence electrons. The highest BCUT2D eigenvalue weighted by Gasteiger charge is 2.71. The zero-order chi connectivity index (χ0) is 14.7. The normalized spacial score (nSPS) is 29.2. The Hall–Kier alpha value is -1.81. The predicted octanol–water partition coefficient (Wildman–Crippen LogP) is 3.06. The summed E-state index contributed by atoms with van der Waals surface area (Å²) in [6.07, 6.45) is 0.752. The van der Waals surface area contributed by atoms with Crippen molar-refractivity contribution in [1.29, 1.82) is 0 Å². The number of nitrogens with zero attached hydrogens (tertiary/aromatic N) is 1. The van der Waals surface area contributed by atoms with Gasteiger partial charge in [-0.1, -0.05) is 48.0 Å². The Kier molecular flexibility index (Phi) is 2.52. The van der Waals surface area contributed by atoms with Crippen LogP contribution in [0.5, 0.6) is 0 Å². The third kappa shape index (κ3) is 1.62. The average Bonchev–Trinajstić information content (AvgIpc) is 3.17. The summed E-state index contributed by atoms with van der Waals surface area (Å²) in [6, 6.07) is 17.3. The smallest absolute Gasteiger partial charge is 0.245 e. The number of fused-ring (bicyclic) bond motifs is 1. The van der Waals surface area contributed by atoms with Gasteiger partial charge in [0.1, 0.15) is 4.75 Å². The molecular formula is C17H17NO2S. The Balaban J connectivity index is 1.79. The summed E-state index contributed by atoms with van der Waals surface area (Å²) in [6.45, 7) is 2.62. The van der Waals surface area contributed by atoms with Crippen molar-refractivity contribution in [2.45, 2.75) is 18.1 Å². The fourth-order valence-electron chi connectivity index (χ4n) is 3.51. The van der Waals surface area contributed by atoms with Crippen LogP contribution in [0, 0.1) is 12.8 Å². The molecule has 1 aliphatic carbocycles. The van der Waals surface area contributed by atoms with E-state index in [1.165, 1.54) is 0 Å². The molecule has 4 heteroatoms. The molecule has 1 saturated heterocycles. The number of anilines is 1. The fourth-order valence-corrected chi connectivity index (χ4v) is 6.02. The topological polar surface area (TPSA) is 37.4 Å². The molecule has 2 atom stereocenters. The summed E-state index contributed by atoms with van der Waals surface area (Å²) in [4.78, 5) is 0. The third-order valence-corrected chi connectivity index (χ3v) is 7.37. The molecule has 1 saturated carbocycles. The monoisotopic (exact) mass is 299 g/mol. The van der Waals surface area contributed by atoms with E-state index >= 15 is 0 Å². The second-order valence-electron chi connectivity index (χ2n) is 6.03. The fraction of sp³-hybridized carbons (Fsp3) is 0.294. The van der Waals surface area contributed by atoms with Crippen LogP contribution in [0.25, 0.3) is 0 Å². The van der Waals surface area contributed by atoms with Gasteiger partial charge in [-0.15, -0.1) is 0 Å². The molecular weight excluding hydrogens is 282 g/mol. The van der Waals surface area contributed by atoms with Gasteiger partial charge < -0.3 is 0 Å².